The lowest BCUT2D eigenvalue weighted by Crippen LogP contribution is -2.32. The number of nitrogens with zero attached hydrogens (tertiary/aromatic N) is 1. The lowest BCUT2D eigenvalue weighted by atomic mass is 9.88. The van der Waals surface area contributed by atoms with Crippen molar-refractivity contribution < 1.29 is 9.50 Å². The van der Waals surface area contributed by atoms with Crippen molar-refractivity contribution in [3.05, 3.63) is 35.6 Å². The molecule has 2 atom stereocenters. The van der Waals surface area contributed by atoms with Gasteiger partial charge in [0, 0.05) is 18.7 Å². The molecular weight excluding hydrogens is 265 g/mol. The molecule has 1 aliphatic rings. The van der Waals surface area contributed by atoms with E-state index in [9.17, 15) is 9.50 Å². The summed E-state index contributed by atoms with van der Waals surface area (Å²) >= 11 is 0. The highest BCUT2D eigenvalue weighted by molar-refractivity contribution is 5.20. The molecule has 2 rings (SSSR count). The van der Waals surface area contributed by atoms with Crippen LogP contribution in [0.4, 0.5) is 4.39 Å². The molecule has 0 spiro atoms. The van der Waals surface area contributed by atoms with Crippen LogP contribution >= 0.6 is 0 Å². The quantitative estimate of drug-likeness (QED) is 0.856. The molecule has 0 amide bonds. The highest BCUT2D eigenvalue weighted by atomic mass is 19.1. The summed E-state index contributed by atoms with van der Waals surface area (Å²) < 4.78 is 13.7. The zero-order valence-corrected chi connectivity index (χ0v) is 13.3. The van der Waals surface area contributed by atoms with E-state index in [1.54, 1.807) is 18.2 Å². The van der Waals surface area contributed by atoms with Crippen molar-refractivity contribution in [1.82, 2.24) is 4.90 Å². The summed E-state index contributed by atoms with van der Waals surface area (Å²) in [5.41, 5.74) is 0.413. The summed E-state index contributed by atoms with van der Waals surface area (Å²) in [6.07, 6.45) is 6.00. The molecule has 0 radical (unpaired) electrons. The van der Waals surface area contributed by atoms with E-state index >= 15 is 0 Å². The second-order valence-electron chi connectivity index (χ2n) is 6.67. The standard InChI is InChI=1S/C18H28FNO/c1-14(18(21)16-10-6-7-11-17(16)19)12-20(2)13-15-8-4-3-5-9-15/h6-7,10-11,14-15,18,21H,3-5,8-9,12-13H2,1-2H3. The van der Waals surface area contributed by atoms with Crippen LogP contribution < -0.4 is 0 Å². The van der Waals surface area contributed by atoms with E-state index in [0.29, 0.717) is 5.56 Å². The minimum Gasteiger partial charge on any atom is -0.388 e. The maximum absolute atomic E-state index is 13.7. The Labute approximate surface area is 128 Å². The van der Waals surface area contributed by atoms with Gasteiger partial charge in [0.2, 0.25) is 0 Å². The van der Waals surface area contributed by atoms with Crippen LogP contribution in [0.2, 0.25) is 0 Å². The lowest BCUT2D eigenvalue weighted by Gasteiger charge is -2.30. The molecule has 0 aliphatic heterocycles. The molecule has 1 aromatic rings. The summed E-state index contributed by atoms with van der Waals surface area (Å²) in [5, 5.41) is 10.4. The third-order valence-electron chi connectivity index (χ3n) is 4.66. The average Bonchev–Trinajstić information content (AvgIpc) is 2.48. The Morgan fingerprint density at radius 1 is 1.24 bits per heavy atom. The second kappa shape index (κ2) is 7.90. The van der Waals surface area contributed by atoms with Gasteiger partial charge in [-0.1, -0.05) is 44.4 Å². The number of rotatable bonds is 6. The molecule has 0 bridgehead atoms. The molecule has 1 aromatic carbocycles. The molecule has 1 saturated carbocycles. The van der Waals surface area contributed by atoms with Crippen molar-refractivity contribution in [3.63, 3.8) is 0 Å². The van der Waals surface area contributed by atoms with Crippen LogP contribution in [0.3, 0.4) is 0 Å². The monoisotopic (exact) mass is 293 g/mol. The minimum atomic E-state index is -0.736. The Bertz CT molecular complexity index is 431. The van der Waals surface area contributed by atoms with E-state index in [1.807, 2.05) is 6.92 Å². The molecule has 2 nitrogen and oxygen atoms in total. The Morgan fingerprint density at radius 3 is 2.57 bits per heavy atom. The van der Waals surface area contributed by atoms with Gasteiger partial charge in [0.1, 0.15) is 5.82 Å². The maximum atomic E-state index is 13.7. The Balaban J connectivity index is 1.85. The fourth-order valence-electron chi connectivity index (χ4n) is 3.50. The van der Waals surface area contributed by atoms with Gasteiger partial charge >= 0.3 is 0 Å². The van der Waals surface area contributed by atoms with Crippen molar-refractivity contribution in [3.8, 4) is 0 Å². The van der Waals surface area contributed by atoms with E-state index in [0.717, 1.165) is 19.0 Å². The predicted octanol–water partition coefficient (Wildman–Crippen LogP) is 4.01. The highest BCUT2D eigenvalue weighted by Crippen LogP contribution is 2.27. The summed E-state index contributed by atoms with van der Waals surface area (Å²) in [6, 6.07) is 6.53. The van der Waals surface area contributed by atoms with Crippen molar-refractivity contribution in [2.24, 2.45) is 11.8 Å². The molecule has 1 N–H and O–H groups in total. The van der Waals surface area contributed by atoms with Gasteiger partial charge in [0.15, 0.2) is 0 Å². The molecule has 1 aliphatic carbocycles. The van der Waals surface area contributed by atoms with Gasteiger partial charge in [-0.3, -0.25) is 0 Å². The Kier molecular flexibility index (Phi) is 6.19. The fraction of sp³-hybridized carbons (Fsp3) is 0.667. The summed E-state index contributed by atoms with van der Waals surface area (Å²) in [6.45, 7) is 3.88. The molecule has 118 valence electrons. The van der Waals surface area contributed by atoms with Crippen LogP contribution in [0.1, 0.15) is 50.7 Å². The summed E-state index contributed by atoms with van der Waals surface area (Å²) in [7, 11) is 2.11. The number of hydrogen-bond donors (Lipinski definition) is 1. The van der Waals surface area contributed by atoms with Gasteiger partial charge in [-0.2, -0.15) is 0 Å². The van der Waals surface area contributed by atoms with Crippen molar-refractivity contribution in [2.45, 2.75) is 45.1 Å². The smallest absolute Gasteiger partial charge is 0.129 e. The molecule has 21 heavy (non-hydrogen) atoms. The first-order valence-electron chi connectivity index (χ1n) is 8.19. The topological polar surface area (TPSA) is 23.5 Å². The molecule has 0 aromatic heterocycles. The largest absolute Gasteiger partial charge is 0.388 e. The SMILES string of the molecule is CC(CN(C)CC1CCCCC1)C(O)c1ccccc1F. The average molecular weight is 293 g/mol. The fourth-order valence-corrected chi connectivity index (χ4v) is 3.50. The highest BCUT2D eigenvalue weighted by Gasteiger charge is 2.22. The van der Waals surface area contributed by atoms with Crippen molar-refractivity contribution in [2.75, 3.05) is 20.1 Å². The molecule has 1 fully saturated rings. The van der Waals surface area contributed by atoms with Crippen LogP contribution in [0.5, 0.6) is 0 Å². The third kappa shape index (κ3) is 4.79. The Hall–Kier alpha value is -0.930. The van der Waals surface area contributed by atoms with Gasteiger partial charge in [-0.25, -0.2) is 4.39 Å². The van der Waals surface area contributed by atoms with Gasteiger partial charge in [0.25, 0.3) is 0 Å². The zero-order valence-electron chi connectivity index (χ0n) is 13.3. The van der Waals surface area contributed by atoms with E-state index in [4.69, 9.17) is 0 Å². The van der Waals surface area contributed by atoms with Crippen LogP contribution in [0.25, 0.3) is 0 Å². The second-order valence-corrected chi connectivity index (χ2v) is 6.67. The first kappa shape index (κ1) is 16.4. The van der Waals surface area contributed by atoms with Crippen LogP contribution in [0.15, 0.2) is 24.3 Å². The van der Waals surface area contributed by atoms with E-state index < -0.39 is 6.10 Å². The third-order valence-corrected chi connectivity index (χ3v) is 4.66. The number of benzene rings is 1. The van der Waals surface area contributed by atoms with Gasteiger partial charge in [-0.05, 0) is 37.8 Å². The van der Waals surface area contributed by atoms with E-state index in [2.05, 4.69) is 11.9 Å². The van der Waals surface area contributed by atoms with Crippen LogP contribution in [-0.4, -0.2) is 30.1 Å². The van der Waals surface area contributed by atoms with Crippen LogP contribution in [0, 0.1) is 17.7 Å². The number of hydrogen-bond acceptors (Lipinski definition) is 2. The van der Waals surface area contributed by atoms with E-state index in [1.165, 1.54) is 38.2 Å². The maximum Gasteiger partial charge on any atom is 0.129 e. The van der Waals surface area contributed by atoms with Crippen molar-refractivity contribution in [1.29, 1.82) is 0 Å². The summed E-state index contributed by atoms with van der Waals surface area (Å²) in [4.78, 5) is 2.30. The van der Waals surface area contributed by atoms with E-state index in [-0.39, 0.29) is 11.7 Å². The molecule has 0 heterocycles. The first-order chi connectivity index (χ1) is 10.1. The van der Waals surface area contributed by atoms with Gasteiger partial charge in [0.05, 0.1) is 6.10 Å². The van der Waals surface area contributed by atoms with Gasteiger partial charge in [-0.15, -0.1) is 0 Å². The zero-order chi connectivity index (χ0) is 15.2. The number of halogens is 1. The van der Waals surface area contributed by atoms with Gasteiger partial charge < -0.3 is 10.0 Å². The molecule has 3 heteroatoms. The Morgan fingerprint density at radius 2 is 1.90 bits per heavy atom. The predicted molar refractivity (Wildman–Crippen MR) is 84.6 cm³/mol. The number of aliphatic hydroxyl groups excluding tert-OH is 1. The summed E-state index contributed by atoms with van der Waals surface area (Å²) in [5.74, 6) is 0.504. The first-order valence-corrected chi connectivity index (χ1v) is 8.19. The van der Waals surface area contributed by atoms with Crippen LogP contribution in [-0.2, 0) is 0 Å². The number of aliphatic hydroxyl groups is 1. The molecular formula is C18H28FNO. The minimum absolute atomic E-state index is 0.0236. The lowest BCUT2D eigenvalue weighted by molar-refractivity contribution is 0.0857. The van der Waals surface area contributed by atoms with Crippen molar-refractivity contribution >= 4 is 0 Å². The molecule has 2 unspecified atom stereocenters. The normalized spacial score (nSPS) is 19.7. The molecule has 0 saturated heterocycles.